The van der Waals surface area contributed by atoms with Gasteiger partial charge in [-0.2, -0.15) is 0 Å². The molecule has 3 amide bonds. The number of nitrogens with one attached hydrogen (secondary N) is 1. The molecule has 0 radical (unpaired) electrons. The van der Waals surface area contributed by atoms with Gasteiger partial charge in [0, 0.05) is 42.6 Å². The first-order chi connectivity index (χ1) is 16.5. The molecule has 7 nitrogen and oxygen atoms in total. The lowest BCUT2D eigenvalue weighted by Crippen LogP contribution is -2.49. The zero-order chi connectivity index (χ0) is 24.1. The van der Waals surface area contributed by atoms with Crippen molar-refractivity contribution in [1.82, 2.24) is 4.90 Å². The normalized spacial score (nSPS) is 13.6. The number of hydrogen-bond donors (Lipinski definition) is 1. The molecule has 0 aromatic heterocycles. The molecule has 1 fully saturated rings. The monoisotopic (exact) mass is 463 g/mol. The summed E-state index contributed by atoms with van der Waals surface area (Å²) in [5.41, 5.74) is 2.35. The van der Waals surface area contributed by atoms with Crippen LogP contribution in [0.25, 0.3) is 0 Å². The quantitative estimate of drug-likeness (QED) is 0.540. The second-order valence-electron chi connectivity index (χ2n) is 7.91. The van der Waals surface area contributed by atoms with Gasteiger partial charge in [-0.3, -0.25) is 9.69 Å². The summed E-state index contributed by atoms with van der Waals surface area (Å²) in [6.45, 7) is 1.46. The van der Waals surface area contributed by atoms with Gasteiger partial charge in [-0.05, 0) is 54.4 Å². The number of methoxy groups -OCH3 is 2. The lowest BCUT2D eigenvalue weighted by Gasteiger charge is -2.35. The van der Waals surface area contributed by atoms with Crippen molar-refractivity contribution in [2.45, 2.75) is 13.0 Å². The zero-order valence-corrected chi connectivity index (χ0v) is 19.1. The van der Waals surface area contributed by atoms with Crippen LogP contribution in [0, 0.1) is 5.82 Å². The first kappa shape index (κ1) is 23.1. The smallest absolute Gasteiger partial charge is 0.324 e. The molecular weight excluding hydrogens is 437 g/mol. The van der Waals surface area contributed by atoms with E-state index >= 15 is 0 Å². The van der Waals surface area contributed by atoms with Crippen molar-refractivity contribution in [3.63, 3.8) is 0 Å². The molecule has 176 valence electrons. The largest absolute Gasteiger partial charge is 0.493 e. The summed E-state index contributed by atoms with van der Waals surface area (Å²) >= 11 is 0. The Kier molecular flexibility index (Phi) is 6.96. The van der Waals surface area contributed by atoms with Gasteiger partial charge in [0.05, 0.1) is 14.2 Å². The second kappa shape index (κ2) is 10.2. The van der Waals surface area contributed by atoms with E-state index in [1.165, 1.54) is 19.2 Å². The van der Waals surface area contributed by atoms with Crippen LogP contribution >= 0.6 is 0 Å². The van der Waals surface area contributed by atoms with Gasteiger partial charge in [-0.1, -0.05) is 18.2 Å². The molecule has 1 saturated heterocycles. The number of rotatable bonds is 7. The minimum atomic E-state index is -0.327. The summed E-state index contributed by atoms with van der Waals surface area (Å²) in [5, 5.41) is 2.85. The van der Waals surface area contributed by atoms with Crippen molar-refractivity contribution in [2.24, 2.45) is 0 Å². The highest BCUT2D eigenvalue weighted by atomic mass is 19.1. The van der Waals surface area contributed by atoms with Crippen LogP contribution in [0.4, 0.5) is 20.6 Å². The molecular formula is C26H26FN3O4. The number of benzene rings is 3. The molecule has 4 rings (SSSR count). The SMILES string of the molecule is COc1ccc(NC(=O)c2cccc(N3CCCN(Cc4cccc(F)c4)C3=O)c2)cc1OC. The molecule has 0 aliphatic carbocycles. The predicted octanol–water partition coefficient (Wildman–Crippen LogP) is 4.93. The maximum atomic E-state index is 13.6. The van der Waals surface area contributed by atoms with E-state index in [9.17, 15) is 14.0 Å². The third kappa shape index (κ3) is 5.11. The summed E-state index contributed by atoms with van der Waals surface area (Å²) in [6, 6.07) is 18.1. The molecule has 1 aliphatic heterocycles. The fourth-order valence-corrected chi connectivity index (χ4v) is 3.96. The van der Waals surface area contributed by atoms with Crippen LogP contribution in [0.3, 0.4) is 0 Å². The van der Waals surface area contributed by atoms with Gasteiger partial charge in [-0.15, -0.1) is 0 Å². The van der Waals surface area contributed by atoms with E-state index in [1.54, 1.807) is 71.5 Å². The Morgan fingerprint density at radius 3 is 2.53 bits per heavy atom. The van der Waals surface area contributed by atoms with E-state index in [-0.39, 0.29) is 17.8 Å². The molecule has 1 heterocycles. The molecule has 1 aliphatic rings. The van der Waals surface area contributed by atoms with Crippen LogP contribution in [0.2, 0.25) is 0 Å². The van der Waals surface area contributed by atoms with Gasteiger partial charge < -0.3 is 19.7 Å². The number of nitrogens with zero attached hydrogens (tertiary/aromatic N) is 2. The summed E-state index contributed by atoms with van der Waals surface area (Å²) in [6.07, 6.45) is 0.767. The number of carbonyl (C=O) groups is 2. The minimum absolute atomic E-state index is 0.173. The standard InChI is InChI=1S/C26H26FN3O4/c1-33-23-11-10-21(16-24(23)34-2)28-25(31)19-7-4-9-22(15-19)30-13-5-12-29(26(30)32)17-18-6-3-8-20(27)14-18/h3-4,6-11,14-16H,5,12-13,17H2,1-2H3,(H,28,31). The molecule has 0 saturated carbocycles. The lowest BCUT2D eigenvalue weighted by atomic mass is 10.1. The fraction of sp³-hybridized carbons (Fsp3) is 0.231. The summed E-state index contributed by atoms with van der Waals surface area (Å²) in [4.78, 5) is 29.4. The second-order valence-corrected chi connectivity index (χ2v) is 7.91. The van der Waals surface area contributed by atoms with E-state index in [4.69, 9.17) is 9.47 Å². The highest BCUT2D eigenvalue weighted by molar-refractivity contribution is 6.05. The van der Waals surface area contributed by atoms with Gasteiger partial charge >= 0.3 is 6.03 Å². The Balaban J connectivity index is 1.49. The van der Waals surface area contributed by atoms with Crippen LogP contribution in [-0.4, -0.2) is 44.1 Å². The van der Waals surface area contributed by atoms with Crippen LogP contribution in [0.1, 0.15) is 22.3 Å². The molecule has 0 unspecified atom stereocenters. The Hall–Kier alpha value is -4.07. The zero-order valence-electron chi connectivity index (χ0n) is 19.1. The number of urea groups is 1. The van der Waals surface area contributed by atoms with E-state index in [0.717, 1.165) is 12.0 Å². The molecule has 0 atom stereocenters. The molecule has 3 aromatic carbocycles. The van der Waals surface area contributed by atoms with E-state index < -0.39 is 0 Å². The van der Waals surface area contributed by atoms with Crippen LogP contribution in [-0.2, 0) is 6.54 Å². The average Bonchev–Trinajstić information content (AvgIpc) is 2.85. The molecule has 3 aromatic rings. The van der Waals surface area contributed by atoms with Gasteiger partial charge in [0.2, 0.25) is 0 Å². The summed E-state index contributed by atoms with van der Waals surface area (Å²) < 4.78 is 24.1. The molecule has 34 heavy (non-hydrogen) atoms. The van der Waals surface area contributed by atoms with Gasteiger partial charge in [0.15, 0.2) is 11.5 Å². The third-order valence-electron chi connectivity index (χ3n) is 5.64. The summed E-state index contributed by atoms with van der Waals surface area (Å²) in [7, 11) is 3.07. The lowest BCUT2D eigenvalue weighted by molar-refractivity contribution is 0.102. The van der Waals surface area contributed by atoms with Gasteiger partial charge in [0.1, 0.15) is 5.82 Å². The molecule has 8 heteroatoms. The van der Waals surface area contributed by atoms with Crippen molar-refractivity contribution in [3.05, 3.63) is 83.7 Å². The number of anilines is 2. The maximum Gasteiger partial charge on any atom is 0.324 e. The number of ether oxygens (including phenoxy) is 2. The maximum absolute atomic E-state index is 13.6. The Morgan fingerprint density at radius 1 is 0.971 bits per heavy atom. The number of hydrogen-bond acceptors (Lipinski definition) is 4. The highest BCUT2D eigenvalue weighted by Crippen LogP contribution is 2.30. The van der Waals surface area contributed by atoms with Crippen molar-refractivity contribution >= 4 is 23.3 Å². The fourth-order valence-electron chi connectivity index (χ4n) is 3.96. The van der Waals surface area contributed by atoms with Crippen molar-refractivity contribution in [2.75, 3.05) is 37.5 Å². The van der Waals surface area contributed by atoms with Crippen LogP contribution in [0.5, 0.6) is 11.5 Å². The number of amides is 3. The molecule has 1 N–H and O–H groups in total. The van der Waals surface area contributed by atoms with Crippen molar-refractivity contribution < 1.29 is 23.5 Å². The first-order valence-corrected chi connectivity index (χ1v) is 10.9. The molecule has 0 bridgehead atoms. The topological polar surface area (TPSA) is 71.1 Å². The number of carbonyl (C=O) groups excluding carboxylic acids is 2. The van der Waals surface area contributed by atoms with Crippen LogP contribution in [0.15, 0.2) is 66.7 Å². The average molecular weight is 464 g/mol. The molecule has 0 spiro atoms. The van der Waals surface area contributed by atoms with Crippen LogP contribution < -0.4 is 19.7 Å². The Bertz CT molecular complexity index is 1200. The minimum Gasteiger partial charge on any atom is -0.493 e. The van der Waals surface area contributed by atoms with E-state index in [1.807, 2.05) is 0 Å². The van der Waals surface area contributed by atoms with Gasteiger partial charge in [-0.25, -0.2) is 9.18 Å². The number of halogens is 1. The van der Waals surface area contributed by atoms with Crippen molar-refractivity contribution in [1.29, 1.82) is 0 Å². The van der Waals surface area contributed by atoms with E-state index in [0.29, 0.717) is 48.1 Å². The van der Waals surface area contributed by atoms with E-state index in [2.05, 4.69) is 5.32 Å². The Morgan fingerprint density at radius 2 is 1.76 bits per heavy atom. The van der Waals surface area contributed by atoms with Gasteiger partial charge in [0.25, 0.3) is 5.91 Å². The Labute approximate surface area is 197 Å². The predicted molar refractivity (Wildman–Crippen MR) is 128 cm³/mol. The highest BCUT2D eigenvalue weighted by Gasteiger charge is 2.27. The first-order valence-electron chi connectivity index (χ1n) is 10.9. The summed E-state index contributed by atoms with van der Waals surface area (Å²) in [5.74, 6) is 0.433. The van der Waals surface area contributed by atoms with Crippen molar-refractivity contribution in [3.8, 4) is 11.5 Å². The third-order valence-corrected chi connectivity index (χ3v) is 5.64.